The van der Waals surface area contributed by atoms with Gasteiger partial charge in [-0.25, -0.2) is 14.8 Å². The van der Waals surface area contributed by atoms with Gasteiger partial charge in [0, 0.05) is 12.6 Å². The van der Waals surface area contributed by atoms with Gasteiger partial charge in [-0.2, -0.15) is 0 Å². The minimum absolute atomic E-state index is 0.0462. The Morgan fingerprint density at radius 1 is 1.40 bits per heavy atom. The van der Waals surface area contributed by atoms with E-state index >= 15 is 0 Å². The van der Waals surface area contributed by atoms with Crippen LogP contribution in [-0.4, -0.2) is 39.8 Å². The summed E-state index contributed by atoms with van der Waals surface area (Å²) in [4.78, 5) is 18.7. The van der Waals surface area contributed by atoms with Gasteiger partial charge in [-0.15, -0.1) is 0 Å². The molecule has 20 heavy (non-hydrogen) atoms. The number of anilines is 1. The number of nitrogens with one attached hydrogen (secondary N) is 1. The first-order valence-electron chi connectivity index (χ1n) is 6.80. The molecule has 2 atom stereocenters. The minimum Gasteiger partial charge on any atom is -0.476 e. The number of carboxylic acids is 1. The van der Waals surface area contributed by atoms with E-state index in [1.54, 1.807) is 0 Å². The molecule has 6 heteroatoms. The van der Waals surface area contributed by atoms with Crippen LogP contribution in [0.15, 0.2) is 12.4 Å². The van der Waals surface area contributed by atoms with E-state index in [-0.39, 0.29) is 23.3 Å². The highest BCUT2D eigenvalue weighted by atomic mass is 16.5. The van der Waals surface area contributed by atoms with Gasteiger partial charge in [0.1, 0.15) is 5.82 Å². The molecular weight excluding hydrogens is 258 g/mol. The maximum Gasteiger partial charge on any atom is 0.356 e. The lowest BCUT2D eigenvalue weighted by Crippen LogP contribution is -2.41. The predicted molar refractivity (Wildman–Crippen MR) is 74.8 cm³/mol. The SMILES string of the molecule is CC(C)(C)C1CC(Nc2cnc(C(=O)O)cn2)CCO1. The van der Waals surface area contributed by atoms with E-state index < -0.39 is 5.97 Å². The summed E-state index contributed by atoms with van der Waals surface area (Å²) >= 11 is 0. The highest BCUT2D eigenvalue weighted by Crippen LogP contribution is 2.30. The van der Waals surface area contributed by atoms with Gasteiger partial charge in [-0.3, -0.25) is 0 Å². The highest BCUT2D eigenvalue weighted by Gasteiger charge is 2.31. The van der Waals surface area contributed by atoms with Crippen LogP contribution in [0.1, 0.15) is 44.1 Å². The molecule has 1 saturated heterocycles. The molecule has 0 aliphatic carbocycles. The fourth-order valence-corrected chi connectivity index (χ4v) is 2.25. The van der Waals surface area contributed by atoms with Gasteiger partial charge in [0.05, 0.1) is 18.5 Å². The number of carbonyl (C=O) groups is 1. The zero-order chi connectivity index (χ0) is 14.8. The Kier molecular flexibility index (Phi) is 4.23. The summed E-state index contributed by atoms with van der Waals surface area (Å²) < 4.78 is 5.81. The van der Waals surface area contributed by atoms with Gasteiger partial charge in [0.25, 0.3) is 0 Å². The fraction of sp³-hybridized carbons (Fsp3) is 0.643. The topological polar surface area (TPSA) is 84.3 Å². The van der Waals surface area contributed by atoms with Crippen LogP contribution in [0.25, 0.3) is 0 Å². The first kappa shape index (κ1) is 14.7. The molecule has 2 heterocycles. The van der Waals surface area contributed by atoms with Crippen LogP contribution in [0, 0.1) is 5.41 Å². The Morgan fingerprint density at radius 2 is 2.15 bits per heavy atom. The second-order valence-corrected chi connectivity index (χ2v) is 6.18. The van der Waals surface area contributed by atoms with Crippen molar-refractivity contribution in [3.8, 4) is 0 Å². The summed E-state index contributed by atoms with van der Waals surface area (Å²) in [5.41, 5.74) is 0.0641. The molecule has 6 nitrogen and oxygen atoms in total. The van der Waals surface area contributed by atoms with Crippen LogP contribution in [0.4, 0.5) is 5.82 Å². The Balaban J connectivity index is 1.97. The van der Waals surface area contributed by atoms with Crippen LogP contribution < -0.4 is 5.32 Å². The van der Waals surface area contributed by atoms with E-state index in [2.05, 4.69) is 36.1 Å². The van der Waals surface area contributed by atoms with Gasteiger partial charge >= 0.3 is 5.97 Å². The average molecular weight is 279 g/mol. The van der Waals surface area contributed by atoms with Crippen molar-refractivity contribution in [2.45, 2.75) is 45.8 Å². The van der Waals surface area contributed by atoms with Gasteiger partial charge in [-0.1, -0.05) is 20.8 Å². The smallest absolute Gasteiger partial charge is 0.356 e. The molecule has 2 unspecified atom stereocenters. The lowest BCUT2D eigenvalue weighted by molar-refractivity contribution is -0.0512. The van der Waals surface area contributed by atoms with E-state index in [4.69, 9.17) is 9.84 Å². The molecule has 2 N–H and O–H groups in total. The third kappa shape index (κ3) is 3.66. The predicted octanol–water partition coefficient (Wildman–Crippen LogP) is 2.18. The molecule has 0 radical (unpaired) electrons. The first-order valence-corrected chi connectivity index (χ1v) is 6.80. The highest BCUT2D eigenvalue weighted by molar-refractivity contribution is 5.84. The Hall–Kier alpha value is -1.69. The Labute approximate surface area is 118 Å². The van der Waals surface area contributed by atoms with Crippen molar-refractivity contribution in [1.29, 1.82) is 0 Å². The van der Waals surface area contributed by atoms with E-state index in [9.17, 15) is 4.79 Å². The third-order valence-corrected chi connectivity index (χ3v) is 3.47. The van der Waals surface area contributed by atoms with Crippen molar-refractivity contribution < 1.29 is 14.6 Å². The number of hydrogen-bond acceptors (Lipinski definition) is 5. The molecule has 1 aliphatic rings. The number of aromatic nitrogens is 2. The van der Waals surface area contributed by atoms with Crippen molar-refractivity contribution in [2.75, 3.05) is 11.9 Å². The molecule has 110 valence electrons. The average Bonchev–Trinajstić information content (AvgIpc) is 2.38. The summed E-state index contributed by atoms with van der Waals surface area (Å²) in [7, 11) is 0. The van der Waals surface area contributed by atoms with Gasteiger partial charge in [0.15, 0.2) is 5.69 Å². The molecule has 2 rings (SSSR count). The van der Waals surface area contributed by atoms with E-state index in [0.29, 0.717) is 5.82 Å². The second-order valence-electron chi connectivity index (χ2n) is 6.18. The standard InChI is InChI=1S/C14H21N3O3/c1-14(2,3)11-6-9(4-5-20-11)17-12-8-15-10(7-16-12)13(18)19/h7-9,11H,4-6H2,1-3H3,(H,16,17)(H,18,19). The van der Waals surface area contributed by atoms with Crippen LogP contribution >= 0.6 is 0 Å². The number of nitrogens with zero attached hydrogens (tertiary/aromatic N) is 2. The van der Waals surface area contributed by atoms with Crippen LogP contribution in [-0.2, 0) is 4.74 Å². The van der Waals surface area contributed by atoms with E-state index in [0.717, 1.165) is 19.4 Å². The molecule has 1 aromatic rings. The normalized spacial score (nSPS) is 23.4. The molecule has 1 aromatic heterocycles. The van der Waals surface area contributed by atoms with Crippen molar-refractivity contribution in [3.05, 3.63) is 18.1 Å². The maximum absolute atomic E-state index is 10.7. The van der Waals surface area contributed by atoms with Crippen LogP contribution in [0.2, 0.25) is 0 Å². The van der Waals surface area contributed by atoms with Crippen molar-refractivity contribution in [1.82, 2.24) is 9.97 Å². The first-order chi connectivity index (χ1) is 9.36. The van der Waals surface area contributed by atoms with Crippen molar-refractivity contribution in [2.24, 2.45) is 5.41 Å². The summed E-state index contributed by atoms with van der Waals surface area (Å²) in [5.74, 6) is -0.461. The van der Waals surface area contributed by atoms with E-state index in [1.165, 1.54) is 12.4 Å². The molecule has 0 bridgehead atoms. The number of carboxylic acid groups (broad SMARTS) is 1. The van der Waals surface area contributed by atoms with Crippen molar-refractivity contribution in [3.63, 3.8) is 0 Å². The Morgan fingerprint density at radius 3 is 2.70 bits per heavy atom. The quantitative estimate of drug-likeness (QED) is 0.882. The summed E-state index contributed by atoms with van der Waals surface area (Å²) in [6.45, 7) is 7.23. The van der Waals surface area contributed by atoms with Crippen molar-refractivity contribution >= 4 is 11.8 Å². The molecule has 1 aliphatic heterocycles. The van der Waals surface area contributed by atoms with Crippen LogP contribution in [0.5, 0.6) is 0 Å². The summed E-state index contributed by atoms with van der Waals surface area (Å²) in [6, 6.07) is 0.276. The molecule has 0 aromatic carbocycles. The number of ether oxygens (including phenoxy) is 1. The molecule has 0 saturated carbocycles. The monoisotopic (exact) mass is 279 g/mol. The molecule has 0 amide bonds. The molecular formula is C14H21N3O3. The number of rotatable bonds is 3. The zero-order valence-electron chi connectivity index (χ0n) is 12.1. The summed E-state index contributed by atoms with van der Waals surface area (Å²) in [5, 5.41) is 12.1. The van der Waals surface area contributed by atoms with Crippen LogP contribution in [0.3, 0.4) is 0 Å². The van der Waals surface area contributed by atoms with Gasteiger partial charge in [0.2, 0.25) is 0 Å². The van der Waals surface area contributed by atoms with Gasteiger partial charge < -0.3 is 15.2 Å². The van der Waals surface area contributed by atoms with Gasteiger partial charge in [-0.05, 0) is 18.3 Å². The number of hydrogen-bond donors (Lipinski definition) is 2. The maximum atomic E-state index is 10.7. The lowest BCUT2D eigenvalue weighted by Gasteiger charge is -2.37. The summed E-state index contributed by atoms with van der Waals surface area (Å²) in [6.07, 6.45) is 4.76. The minimum atomic E-state index is -1.07. The largest absolute Gasteiger partial charge is 0.476 e. The molecule has 0 spiro atoms. The number of aromatic carboxylic acids is 1. The van der Waals surface area contributed by atoms with E-state index in [1.807, 2.05) is 0 Å². The third-order valence-electron chi connectivity index (χ3n) is 3.47. The second kappa shape index (κ2) is 5.75. The lowest BCUT2D eigenvalue weighted by atomic mass is 9.83. The molecule has 1 fully saturated rings. The zero-order valence-corrected chi connectivity index (χ0v) is 12.1. The Bertz CT molecular complexity index is 468. The fourth-order valence-electron chi connectivity index (χ4n) is 2.25.